The van der Waals surface area contributed by atoms with Gasteiger partial charge in [0.25, 0.3) is 0 Å². The fourth-order valence-electron chi connectivity index (χ4n) is 2.85. The zero-order chi connectivity index (χ0) is 12.0. The molecular formula is C13H18ClN3O. The largest absolute Gasteiger partial charge is 0.333 e. The van der Waals surface area contributed by atoms with Crippen LogP contribution >= 0.6 is 12.4 Å². The number of aromatic nitrogens is 1. The van der Waals surface area contributed by atoms with Gasteiger partial charge in [-0.1, -0.05) is 0 Å². The van der Waals surface area contributed by atoms with Gasteiger partial charge >= 0.3 is 0 Å². The monoisotopic (exact) mass is 267 g/mol. The van der Waals surface area contributed by atoms with Crippen molar-refractivity contribution in [2.45, 2.75) is 39.9 Å². The van der Waals surface area contributed by atoms with Crippen LogP contribution in [-0.4, -0.2) is 22.3 Å². The lowest BCUT2D eigenvalue weighted by Gasteiger charge is -2.21. The van der Waals surface area contributed by atoms with Gasteiger partial charge in [0.2, 0.25) is 5.91 Å². The first-order valence-electron chi connectivity index (χ1n) is 6.13. The molecule has 0 fully saturated rings. The van der Waals surface area contributed by atoms with E-state index < -0.39 is 0 Å². The zero-order valence-electron chi connectivity index (χ0n) is 10.7. The smallest absolute Gasteiger partial charge is 0.220 e. The number of pyridine rings is 1. The summed E-state index contributed by atoms with van der Waals surface area (Å²) in [5, 5.41) is 3.41. The van der Waals surface area contributed by atoms with Crippen molar-refractivity contribution in [1.29, 1.82) is 0 Å². The van der Waals surface area contributed by atoms with Gasteiger partial charge in [-0.15, -0.1) is 12.4 Å². The fourth-order valence-corrected chi connectivity index (χ4v) is 2.85. The van der Waals surface area contributed by atoms with Crippen LogP contribution in [0.1, 0.15) is 35.0 Å². The van der Waals surface area contributed by atoms with Gasteiger partial charge in [-0.3, -0.25) is 9.78 Å². The number of halogens is 1. The van der Waals surface area contributed by atoms with E-state index in [9.17, 15) is 4.79 Å². The van der Waals surface area contributed by atoms with Crippen LogP contribution in [0.4, 0.5) is 0 Å². The van der Waals surface area contributed by atoms with Gasteiger partial charge in [0.05, 0.1) is 12.2 Å². The fraction of sp³-hybridized carbons (Fsp3) is 0.538. The molecule has 18 heavy (non-hydrogen) atoms. The van der Waals surface area contributed by atoms with Crippen LogP contribution in [0.3, 0.4) is 0 Å². The molecule has 5 heteroatoms. The van der Waals surface area contributed by atoms with E-state index >= 15 is 0 Å². The first-order chi connectivity index (χ1) is 8.16. The van der Waals surface area contributed by atoms with Gasteiger partial charge in [-0.05, 0) is 36.6 Å². The summed E-state index contributed by atoms with van der Waals surface area (Å²) in [5.41, 5.74) is 6.31. The van der Waals surface area contributed by atoms with Crippen molar-refractivity contribution in [2.75, 3.05) is 6.54 Å². The molecule has 0 aromatic carbocycles. The van der Waals surface area contributed by atoms with Gasteiger partial charge in [-0.2, -0.15) is 0 Å². The number of hydrogen-bond acceptors (Lipinski definition) is 3. The third-order valence-electron chi connectivity index (χ3n) is 3.80. The SMILES string of the molecule is CC(=O)N1Cc2nc(C)c3c(c2C1)CNCC3.Cl. The summed E-state index contributed by atoms with van der Waals surface area (Å²) in [5.74, 6) is 0.137. The first-order valence-corrected chi connectivity index (χ1v) is 6.13. The van der Waals surface area contributed by atoms with Crippen molar-refractivity contribution in [2.24, 2.45) is 0 Å². The van der Waals surface area contributed by atoms with Crippen molar-refractivity contribution < 1.29 is 4.79 Å². The molecule has 0 saturated carbocycles. The lowest BCUT2D eigenvalue weighted by Crippen LogP contribution is -2.26. The molecule has 0 unspecified atom stereocenters. The molecule has 0 radical (unpaired) electrons. The Bertz CT molecular complexity index is 501. The lowest BCUT2D eigenvalue weighted by atomic mass is 9.95. The Morgan fingerprint density at radius 1 is 1.28 bits per heavy atom. The Balaban J connectivity index is 0.00000120. The number of amides is 1. The summed E-state index contributed by atoms with van der Waals surface area (Å²) in [6.07, 6.45) is 1.06. The highest BCUT2D eigenvalue weighted by Crippen LogP contribution is 2.30. The summed E-state index contributed by atoms with van der Waals surface area (Å²) in [4.78, 5) is 18.0. The maximum atomic E-state index is 11.5. The molecule has 0 spiro atoms. The lowest BCUT2D eigenvalue weighted by molar-refractivity contribution is -0.129. The number of hydrogen-bond donors (Lipinski definition) is 1. The molecule has 0 saturated heterocycles. The Morgan fingerprint density at radius 2 is 2.06 bits per heavy atom. The maximum absolute atomic E-state index is 11.5. The van der Waals surface area contributed by atoms with Crippen molar-refractivity contribution in [3.05, 3.63) is 28.1 Å². The number of carbonyl (C=O) groups is 1. The molecule has 4 nitrogen and oxygen atoms in total. The van der Waals surface area contributed by atoms with Gasteiger partial charge in [0, 0.05) is 25.7 Å². The van der Waals surface area contributed by atoms with Crippen LogP contribution in [0.25, 0.3) is 0 Å². The van der Waals surface area contributed by atoms with Crippen LogP contribution in [0.2, 0.25) is 0 Å². The Morgan fingerprint density at radius 3 is 2.78 bits per heavy atom. The molecule has 3 heterocycles. The molecule has 0 aliphatic carbocycles. The Labute approximate surface area is 113 Å². The van der Waals surface area contributed by atoms with Gasteiger partial charge < -0.3 is 10.2 Å². The number of fused-ring (bicyclic) bond motifs is 3. The Hall–Kier alpha value is -1.13. The highest BCUT2D eigenvalue weighted by molar-refractivity contribution is 5.85. The van der Waals surface area contributed by atoms with Crippen LogP contribution in [0.5, 0.6) is 0 Å². The number of carbonyl (C=O) groups excluding carboxylic acids is 1. The quantitative estimate of drug-likeness (QED) is 0.771. The second kappa shape index (κ2) is 4.86. The molecule has 0 atom stereocenters. The molecule has 0 bridgehead atoms. The van der Waals surface area contributed by atoms with Crippen LogP contribution < -0.4 is 5.32 Å². The Kier molecular flexibility index (Phi) is 3.59. The van der Waals surface area contributed by atoms with Crippen LogP contribution in [-0.2, 0) is 30.8 Å². The molecule has 3 rings (SSSR count). The van der Waals surface area contributed by atoms with Gasteiger partial charge in [-0.25, -0.2) is 0 Å². The minimum atomic E-state index is 0. The molecule has 1 aromatic heterocycles. The summed E-state index contributed by atoms with van der Waals surface area (Å²) >= 11 is 0. The van der Waals surface area contributed by atoms with Crippen molar-refractivity contribution in [1.82, 2.24) is 15.2 Å². The molecule has 1 amide bonds. The first kappa shape index (κ1) is 13.3. The van der Waals surface area contributed by atoms with E-state index in [4.69, 9.17) is 0 Å². The van der Waals surface area contributed by atoms with Crippen molar-refractivity contribution in [3.63, 3.8) is 0 Å². The highest BCUT2D eigenvalue weighted by Gasteiger charge is 2.28. The number of aryl methyl sites for hydroxylation is 1. The molecule has 1 aromatic rings. The van der Waals surface area contributed by atoms with Gasteiger partial charge in [0.1, 0.15) is 0 Å². The van der Waals surface area contributed by atoms with Crippen molar-refractivity contribution >= 4 is 18.3 Å². The number of nitrogens with zero attached hydrogens (tertiary/aromatic N) is 2. The van der Waals surface area contributed by atoms with Gasteiger partial charge in [0.15, 0.2) is 0 Å². The number of nitrogens with one attached hydrogen (secondary N) is 1. The third-order valence-corrected chi connectivity index (χ3v) is 3.80. The predicted molar refractivity (Wildman–Crippen MR) is 71.6 cm³/mol. The molecule has 1 N–H and O–H groups in total. The molecule has 2 aliphatic rings. The van der Waals surface area contributed by atoms with E-state index in [-0.39, 0.29) is 18.3 Å². The van der Waals surface area contributed by atoms with E-state index in [1.54, 1.807) is 6.92 Å². The number of rotatable bonds is 0. The van der Waals surface area contributed by atoms with Crippen LogP contribution in [0, 0.1) is 6.92 Å². The van der Waals surface area contributed by atoms with E-state index in [1.807, 2.05) is 4.90 Å². The summed E-state index contributed by atoms with van der Waals surface area (Å²) in [6, 6.07) is 0. The zero-order valence-corrected chi connectivity index (χ0v) is 11.6. The van der Waals surface area contributed by atoms with E-state index in [0.29, 0.717) is 6.54 Å². The molecular weight excluding hydrogens is 250 g/mol. The summed E-state index contributed by atoms with van der Waals surface area (Å²) in [6.45, 7) is 7.09. The predicted octanol–water partition coefficient (Wildman–Crippen LogP) is 1.32. The summed E-state index contributed by atoms with van der Waals surface area (Å²) < 4.78 is 0. The van der Waals surface area contributed by atoms with Crippen molar-refractivity contribution in [3.8, 4) is 0 Å². The second-order valence-electron chi connectivity index (χ2n) is 4.88. The molecule has 98 valence electrons. The highest BCUT2D eigenvalue weighted by atomic mass is 35.5. The minimum absolute atomic E-state index is 0. The standard InChI is InChI=1S/C13H17N3O.ClH/c1-8-10-3-4-14-5-11(10)12-6-16(9(2)17)7-13(12)15-8;/h14H,3-7H2,1-2H3;1H. The van der Waals surface area contributed by atoms with E-state index in [1.165, 1.54) is 16.7 Å². The summed E-state index contributed by atoms with van der Waals surface area (Å²) in [7, 11) is 0. The second-order valence-corrected chi connectivity index (χ2v) is 4.88. The van der Waals surface area contributed by atoms with E-state index in [2.05, 4.69) is 17.2 Å². The maximum Gasteiger partial charge on any atom is 0.220 e. The normalized spacial score (nSPS) is 16.9. The molecule has 2 aliphatic heterocycles. The van der Waals surface area contributed by atoms with E-state index in [0.717, 1.165) is 37.4 Å². The minimum Gasteiger partial charge on any atom is -0.333 e. The average Bonchev–Trinajstić information content (AvgIpc) is 2.73. The average molecular weight is 268 g/mol. The topological polar surface area (TPSA) is 45.2 Å². The third kappa shape index (κ3) is 1.99. The van der Waals surface area contributed by atoms with Crippen LogP contribution in [0.15, 0.2) is 0 Å².